The van der Waals surface area contributed by atoms with Gasteiger partial charge in [-0.05, 0) is 0 Å². The minimum Gasteiger partial charge on any atom is -0.478 e. The van der Waals surface area contributed by atoms with Crippen LogP contribution < -0.4 is 5.32 Å². The molecule has 0 saturated heterocycles. The van der Waals surface area contributed by atoms with Gasteiger partial charge < -0.3 is 10.4 Å². The highest BCUT2D eigenvalue weighted by molar-refractivity contribution is 5.86. The predicted octanol–water partition coefficient (Wildman–Crippen LogP) is 0.673. The Morgan fingerprint density at radius 1 is 1.50 bits per heavy atom. The van der Waals surface area contributed by atoms with Crippen molar-refractivity contribution in [2.24, 2.45) is 0 Å². The van der Waals surface area contributed by atoms with Crippen molar-refractivity contribution in [3.05, 3.63) is 23.8 Å². The number of carbonyl (C=O) groups is 1. The van der Waals surface area contributed by atoms with Gasteiger partial charge in [0.1, 0.15) is 5.82 Å². The Morgan fingerprint density at radius 2 is 2.07 bits per heavy atom. The van der Waals surface area contributed by atoms with E-state index in [0.717, 1.165) is 0 Å². The minimum atomic E-state index is -1.01. The second kappa shape index (κ2) is 4.66. The van der Waals surface area contributed by atoms with Gasteiger partial charge in [0.05, 0.1) is 12.1 Å². The SMILES string of the molecule is CC(C)NCc1ncc(C(=O)O)cn1. The first-order valence-corrected chi connectivity index (χ1v) is 4.37. The first-order chi connectivity index (χ1) is 6.59. The summed E-state index contributed by atoms with van der Waals surface area (Å²) in [5, 5.41) is 11.7. The van der Waals surface area contributed by atoms with E-state index in [1.807, 2.05) is 13.8 Å². The third-order valence-corrected chi connectivity index (χ3v) is 1.62. The van der Waals surface area contributed by atoms with Crippen molar-refractivity contribution in [1.82, 2.24) is 15.3 Å². The molecule has 76 valence electrons. The number of nitrogens with zero attached hydrogens (tertiary/aromatic N) is 2. The van der Waals surface area contributed by atoms with E-state index in [1.165, 1.54) is 12.4 Å². The van der Waals surface area contributed by atoms with E-state index in [4.69, 9.17) is 5.11 Å². The molecule has 0 aliphatic rings. The summed E-state index contributed by atoms with van der Waals surface area (Å²) in [4.78, 5) is 18.3. The van der Waals surface area contributed by atoms with Crippen molar-refractivity contribution in [1.29, 1.82) is 0 Å². The number of carboxylic acids is 1. The molecule has 1 heterocycles. The van der Waals surface area contributed by atoms with Gasteiger partial charge in [-0.2, -0.15) is 0 Å². The molecule has 0 amide bonds. The normalized spacial score (nSPS) is 10.5. The third-order valence-electron chi connectivity index (χ3n) is 1.62. The number of hydrogen-bond donors (Lipinski definition) is 2. The molecule has 14 heavy (non-hydrogen) atoms. The summed E-state index contributed by atoms with van der Waals surface area (Å²) in [5.41, 5.74) is 0.110. The van der Waals surface area contributed by atoms with E-state index in [1.54, 1.807) is 0 Å². The van der Waals surface area contributed by atoms with E-state index in [-0.39, 0.29) is 5.56 Å². The van der Waals surface area contributed by atoms with Crippen molar-refractivity contribution in [2.45, 2.75) is 26.4 Å². The molecule has 5 heteroatoms. The van der Waals surface area contributed by atoms with Crippen LogP contribution in [0.15, 0.2) is 12.4 Å². The zero-order valence-electron chi connectivity index (χ0n) is 8.19. The van der Waals surface area contributed by atoms with Crippen LogP contribution in [0, 0.1) is 0 Å². The van der Waals surface area contributed by atoms with Gasteiger partial charge in [0, 0.05) is 18.4 Å². The highest BCUT2D eigenvalue weighted by atomic mass is 16.4. The number of nitrogens with one attached hydrogen (secondary N) is 1. The lowest BCUT2D eigenvalue weighted by Gasteiger charge is -2.06. The maximum atomic E-state index is 10.5. The number of carboxylic acid groups (broad SMARTS) is 1. The fraction of sp³-hybridized carbons (Fsp3) is 0.444. The van der Waals surface area contributed by atoms with Crippen molar-refractivity contribution in [3.63, 3.8) is 0 Å². The highest BCUT2D eigenvalue weighted by Crippen LogP contribution is 1.96. The molecule has 0 atom stereocenters. The Morgan fingerprint density at radius 3 is 2.50 bits per heavy atom. The summed E-state index contributed by atoms with van der Waals surface area (Å²) >= 11 is 0. The molecule has 1 rings (SSSR count). The monoisotopic (exact) mass is 195 g/mol. The van der Waals surface area contributed by atoms with Crippen LogP contribution in [0.1, 0.15) is 30.0 Å². The van der Waals surface area contributed by atoms with Gasteiger partial charge in [0.15, 0.2) is 0 Å². The fourth-order valence-electron chi connectivity index (χ4n) is 0.852. The Labute approximate surface area is 82.2 Å². The lowest BCUT2D eigenvalue weighted by atomic mass is 10.3. The molecule has 1 aromatic rings. The van der Waals surface area contributed by atoms with Gasteiger partial charge in [0.2, 0.25) is 0 Å². The smallest absolute Gasteiger partial charge is 0.338 e. The standard InChI is InChI=1S/C9H13N3O2/c1-6(2)10-5-8-11-3-7(4-12-8)9(13)14/h3-4,6,10H,5H2,1-2H3,(H,13,14). The van der Waals surface area contributed by atoms with E-state index in [0.29, 0.717) is 18.4 Å². The zero-order chi connectivity index (χ0) is 10.6. The van der Waals surface area contributed by atoms with Gasteiger partial charge in [-0.1, -0.05) is 13.8 Å². The van der Waals surface area contributed by atoms with Crippen LogP contribution in [0.3, 0.4) is 0 Å². The lowest BCUT2D eigenvalue weighted by Crippen LogP contribution is -2.23. The zero-order valence-corrected chi connectivity index (χ0v) is 8.19. The largest absolute Gasteiger partial charge is 0.478 e. The lowest BCUT2D eigenvalue weighted by molar-refractivity contribution is 0.0696. The molecule has 0 radical (unpaired) electrons. The van der Waals surface area contributed by atoms with E-state index in [2.05, 4.69) is 15.3 Å². The number of aromatic carboxylic acids is 1. The average molecular weight is 195 g/mol. The Kier molecular flexibility index (Phi) is 3.53. The third kappa shape index (κ3) is 3.10. The van der Waals surface area contributed by atoms with Crippen LogP contribution in [0.25, 0.3) is 0 Å². The summed E-state index contributed by atoms with van der Waals surface area (Å²) in [7, 11) is 0. The molecule has 0 aliphatic carbocycles. The van der Waals surface area contributed by atoms with Crippen molar-refractivity contribution >= 4 is 5.97 Å². The van der Waals surface area contributed by atoms with Gasteiger partial charge in [-0.15, -0.1) is 0 Å². The number of rotatable bonds is 4. The van der Waals surface area contributed by atoms with Crippen LogP contribution in [0.4, 0.5) is 0 Å². The van der Waals surface area contributed by atoms with Crippen LogP contribution in [-0.2, 0) is 6.54 Å². The van der Waals surface area contributed by atoms with Crippen molar-refractivity contribution in [2.75, 3.05) is 0 Å². The molecule has 0 unspecified atom stereocenters. The topological polar surface area (TPSA) is 75.1 Å². The molecule has 0 aliphatic heterocycles. The number of aromatic nitrogens is 2. The second-order valence-corrected chi connectivity index (χ2v) is 3.23. The summed E-state index contributed by atoms with van der Waals surface area (Å²) in [6.45, 7) is 4.59. The molecule has 0 saturated carbocycles. The molecular formula is C9H13N3O2. The first-order valence-electron chi connectivity index (χ1n) is 4.37. The van der Waals surface area contributed by atoms with E-state index < -0.39 is 5.97 Å². The van der Waals surface area contributed by atoms with Crippen LogP contribution in [-0.4, -0.2) is 27.1 Å². The first kappa shape index (κ1) is 10.6. The maximum Gasteiger partial charge on any atom is 0.338 e. The van der Waals surface area contributed by atoms with Gasteiger partial charge in [0.25, 0.3) is 0 Å². The minimum absolute atomic E-state index is 0.110. The second-order valence-electron chi connectivity index (χ2n) is 3.23. The van der Waals surface area contributed by atoms with Crippen LogP contribution in [0.5, 0.6) is 0 Å². The Bertz CT molecular complexity index is 308. The summed E-state index contributed by atoms with van der Waals surface area (Å²) in [6.07, 6.45) is 2.62. The van der Waals surface area contributed by atoms with Crippen LogP contribution >= 0.6 is 0 Å². The predicted molar refractivity (Wildman–Crippen MR) is 51.0 cm³/mol. The Balaban J connectivity index is 2.60. The molecule has 0 bridgehead atoms. The average Bonchev–Trinajstić information content (AvgIpc) is 2.15. The molecule has 2 N–H and O–H groups in total. The maximum absolute atomic E-state index is 10.5. The summed E-state index contributed by atoms with van der Waals surface area (Å²) in [6, 6.07) is 0.359. The molecular weight excluding hydrogens is 182 g/mol. The quantitative estimate of drug-likeness (QED) is 0.738. The highest BCUT2D eigenvalue weighted by Gasteiger charge is 2.04. The molecule has 1 aromatic heterocycles. The summed E-state index contributed by atoms with van der Waals surface area (Å²) < 4.78 is 0. The van der Waals surface area contributed by atoms with Crippen molar-refractivity contribution in [3.8, 4) is 0 Å². The van der Waals surface area contributed by atoms with Gasteiger partial charge in [-0.3, -0.25) is 0 Å². The fourth-order valence-corrected chi connectivity index (χ4v) is 0.852. The molecule has 0 fully saturated rings. The summed E-state index contributed by atoms with van der Waals surface area (Å²) in [5.74, 6) is -0.405. The van der Waals surface area contributed by atoms with E-state index >= 15 is 0 Å². The number of hydrogen-bond acceptors (Lipinski definition) is 4. The van der Waals surface area contributed by atoms with Gasteiger partial charge in [-0.25, -0.2) is 14.8 Å². The molecule has 5 nitrogen and oxygen atoms in total. The van der Waals surface area contributed by atoms with Crippen LogP contribution in [0.2, 0.25) is 0 Å². The molecule has 0 aromatic carbocycles. The molecule has 0 spiro atoms. The van der Waals surface area contributed by atoms with E-state index in [9.17, 15) is 4.79 Å². The Hall–Kier alpha value is -1.49. The van der Waals surface area contributed by atoms with Crippen molar-refractivity contribution < 1.29 is 9.90 Å². The van der Waals surface area contributed by atoms with Gasteiger partial charge >= 0.3 is 5.97 Å².